The highest BCUT2D eigenvalue weighted by Crippen LogP contribution is 2.18. The summed E-state index contributed by atoms with van der Waals surface area (Å²) in [7, 11) is 0. The molecule has 0 saturated carbocycles. The Morgan fingerprint density at radius 2 is 0.483 bits per heavy atom. The van der Waals surface area contributed by atoms with Crippen LogP contribution < -0.4 is 0 Å². The van der Waals surface area contributed by atoms with Crippen molar-refractivity contribution in [1.29, 1.82) is 0 Å². The monoisotopic (exact) mass is 849 g/mol. The van der Waals surface area contributed by atoms with E-state index in [2.05, 4.69) is 41.5 Å². The topological polar surface area (TPSA) is 78.9 Å². The first-order valence-electron chi connectivity index (χ1n) is 26.6. The van der Waals surface area contributed by atoms with Crippen molar-refractivity contribution < 1.29 is 28.6 Å². The molecule has 60 heavy (non-hydrogen) atoms. The molecule has 6 nitrogen and oxygen atoms in total. The van der Waals surface area contributed by atoms with Crippen molar-refractivity contribution in [2.75, 3.05) is 13.2 Å². The van der Waals surface area contributed by atoms with E-state index in [9.17, 15) is 14.4 Å². The summed E-state index contributed by atoms with van der Waals surface area (Å²) in [4.78, 5) is 38.0. The third-order valence-corrected chi connectivity index (χ3v) is 12.1. The molecule has 0 unspecified atom stereocenters. The maximum atomic E-state index is 12.8. The van der Waals surface area contributed by atoms with E-state index in [4.69, 9.17) is 14.2 Å². The van der Waals surface area contributed by atoms with Gasteiger partial charge in [-0.25, -0.2) is 0 Å². The molecular formula is C54H104O6. The summed E-state index contributed by atoms with van der Waals surface area (Å²) < 4.78 is 16.8. The van der Waals surface area contributed by atoms with E-state index >= 15 is 0 Å². The summed E-state index contributed by atoms with van der Waals surface area (Å²) in [6.45, 7) is 13.7. The predicted octanol–water partition coefficient (Wildman–Crippen LogP) is 17.2. The number of carbonyl (C=O) groups excluding carboxylic acids is 3. The second kappa shape index (κ2) is 45.4. The van der Waals surface area contributed by atoms with Crippen molar-refractivity contribution in [2.24, 2.45) is 17.8 Å². The molecule has 0 aliphatic heterocycles. The minimum Gasteiger partial charge on any atom is -0.462 e. The van der Waals surface area contributed by atoms with Gasteiger partial charge in [-0.15, -0.1) is 0 Å². The van der Waals surface area contributed by atoms with Gasteiger partial charge in [0.15, 0.2) is 6.10 Å². The van der Waals surface area contributed by atoms with Gasteiger partial charge in [-0.1, -0.05) is 253 Å². The lowest BCUT2D eigenvalue weighted by Crippen LogP contribution is -2.30. The van der Waals surface area contributed by atoms with Crippen molar-refractivity contribution in [3.05, 3.63) is 0 Å². The predicted molar refractivity (Wildman–Crippen MR) is 256 cm³/mol. The second-order valence-corrected chi connectivity index (χ2v) is 19.9. The molecule has 0 aliphatic carbocycles. The maximum Gasteiger partial charge on any atom is 0.306 e. The summed E-state index contributed by atoms with van der Waals surface area (Å²) in [6, 6.07) is 0. The van der Waals surface area contributed by atoms with Gasteiger partial charge in [-0.3, -0.25) is 14.4 Å². The summed E-state index contributed by atoms with van der Waals surface area (Å²) in [5, 5.41) is 0. The summed E-state index contributed by atoms with van der Waals surface area (Å²) in [5.74, 6) is 1.62. The van der Waals surface area contributed by atoms with Gasteiger partial charge in [-0.2, -0.15) is 0 Å². The van der Waals surface area contributed by atoms with Crippen LogP contribution in [0.15, 0.2) is 0 Å². The number of ether oxygens (including phenoxy) is 3. The Morgan fingerprint density at radius 3 is 0.717 bits per heavy atom. The average Bonchev–Trinajstić information content (AvgIpc) is 3.20. The zero-order chi connectivity index (χ0) is 44.2. The summed E-state index contributed by atoms with van der Waals surface area (Å²) in [6.07, 6.45) is 45.2. The third-order valence-electron chi connectivity index (χ3n) is 12.1. The van der Waals surface area contributed by atoms with E-state index in [0.29, 0.717) is 19.3 Å². The van der Waals surface area contributed by atoms with Gasteiger partial charge >= 0.3 is 17.9 Å². The number of esters is 3. The Morgan fingerprint density at radius 1 is 0.283 bits per heavy atom. The van der Waals surface area contributed by atoms with Gasteiger partial charge in [0.2, 0.25) is 0 Å². The Labute approximate surface area is 374 Å². The molecule has 6 heteroatoms. The van der Waals surface area contributed by atoms with Gasteiger partial charge in [-0.05, 0) is 37.0 Å². The van der Waals surface area contributed by atoms with E-state index in [1.165, 1.54) is 173 Å². The molecule has 0 heterocycles. The molecule has 0 aromatic rings. The quantitative estimate of drug-likeness (QED) is 0.0345. The lowest BCUT2D eigenvalue weighted by atomic mass is 10.0. The van der Waals surface area contributed by atoms with Gasteiger partial charge in [0.25, 0.3) is 0 Å². The number of hydrogen-bond donors (Lipinski definition) is 0. The third kappa shape index (κ3) is 47.5. The molecule has 0 rings (SSSR count). The van der Waals surface area contributed by atoms with Crippen LogP contribution in [-0.2, 0) is 28.6 Å². The smallest absolute Gasteiger partial charge is 0.306 e. The molecule has 0 amide bonds. The highest BCUT2D eigenvalue weighted by atomic mass is 16.6. The second-order valence-electron chi connectivity index (χ2n) is 19.9. The fraction of sp³-hybridized carbons (Fsp3) is 0.944. The van der Waals surface area contributed by atoms with E-state index in [0.717, 1.165) is 75.5 Å². The van der Waals surface area contributed by atoms with Crippen LogP contribution in [0, 0.1) is 17.8 Å². The van der Waals surface area contributed by atoms with E-state index in [-0.39, 0.29) is 31.1 Å². The fourth-order valence-corrected chi connectivity index (χ4v) is 8.12. The van der Waals surface area contributed by atoms with Gasteiger partial charge in [0.05, 0.1) is 0 Å². The molecular weight excluding hydrogens is 745 g/mol. The Hall–Kier alpha value is -1.59. The molecule has 0 radical (unpaired) electrons. The lowest BCUT2D eigenvalue weighted by Gasteiger charge is -2.18. The maximum absolute atomic E-state index is 12.8. The van der Waals surface area contributed by atoms with Crippen molar-refractivity contribution in [3.63, 3.8) is 0 Å². The number of hydrogen-bond acceptors (Lipinski definition) is 6. The zero-order valence-electron chi connectivity index (χ0n) is 41.3. The number of unbranched alkanes of at least 4 members (excludes halogenated alkanes) is 30. The van der Waals surface area contributed by atoms with E-state index in [1.807, 2.05) is 0 Å². The highest BCUT2D eigenvalue weighted by Gasteiger charge is 2.19. The molecule has 0 aromatic carbocycles. The standard InChI is InChI=1S/C54H104O6/c1-48(2)40-34-28-22-16-11-8-7-9-13-19-25-31-37-43-52(55)58-46-51(60-54(57)45-39-33-27-21-15-18-24-30-36-42-50(5)6)47-59-53(56)44-38-32-26-20-14-10-12-17-23-29-35-41-49(3)4/h48-51H,7-47H2,1-6H3/t51-/m1/s1. The van der Waals surface area contributed by atoms with Gasteiger partial charge in [0.1, 0.15) is 13.2 Å². The van der Waals surface area contributed by atoms with Crippen molar-refractivity contribution in [1.82, 2.24) is 0 Å². The van der Waals surface area contributed by atoms with Crippen LogP contribution in [0.1, 0.15) is 292 Å². The minimum atomic E-state index is -0.763. The van der Waals surface area contributed by atoms with Crippen LogP contribution in [0.25, 0.3) is 0 Å². The number of carbonyl (C=O) groups is 3. The van der Waals surface area contributed by atoms with Crippen LogP contribution in [0.2, 0.25) is 0 Å². The molecule has 0 aromatic heterocycles. The SMILES string of the molecule is CC(C)CCCCCCCCCCCCCCCC(=O)OC[C@H](COC(=O)CCCCCCCCCCCCCC(C)C)OC(=O)CCCCCCCCCCCC(C)C. The Bertz CT molecular complexity index is 929. The van der Waals surface area contributed by atoms with E-state index in [1.54, 1.807) is 0 Å². The fourth-order valence-electron chi connectivity index (χ4n) is 8.12. The largest absolute Gasteiger partial charge is 0.462 e. The van der Waals surface area contributed by atoms with Crippen molar-refractivity contribution >= 4 is 17.9 Å². The molecule has 0 aliphatic rings. The van der Waals surface area contributed by atoms with Crippen LogP contribution in [0.5, 0.6) is 0 Å². The van der Waals surface area contributed by atoms with Crippen LogP contribution in [0.3, 0.4) is 0 Å². The molecule has 356 valence electrons. The summed E-state index contributed by atoms with van der Waals surface area (Å²) in [5.41, 5.74) is 0. The lowest BCUT2D eigenvalue weighted by molar-refractivity contribution is -0.167. The number of rotatable bonds is 47. The van der Waals surface area contributed by atoms with Crippen molar-refractivity contribution in [3.8, 4) is 0 Å². The molecule has 1 atom stereocenters. The molecule has 0 bridgehead atoms. The van der Waals surface area contributed by atoms with E-state index < -0.39 is 6.10 Å². The normalized spacial score (nSPS) is 12.2. The van der Waals surface area contributed by atoms with Gasteiger partial charge in [0, 0.05) is 19.3 Å². The van der Waals surface area contributed by atoms with Crippen LogP contribution in [0.4, 0.5) is 0 Å². The molecule has 0 N–H and O–H groups in total. The highest BCUT2D eigenvalue weighted by molar-refractivity contribution is 5.71. The van der Waals surface area contributed by atoms with Crippen molar-refractivity contribution in [2.45, 2.75) is 298 Å². The van der Waals surface area contributed by atoms with Gasteiger partial charge < -0.3 is 14.2 Å². The molecule has 0 saturated heterocycles. The first kappa shape index (κ1) is 58.4. The first-order valence-corrected chi connectivity index (χ1v) is 26.6. The summed E-state index contributed by atoms with van der Waals surface area (Å²) >= 11 is 0. The first-order chi connectivity index (χ1) is 29.1. The Balaban J connectivity index is 4.30. The van der Waals surface area contributed by atoms with Crippen LogP contribution in [-0.4, -0.2) is 37.2 Å². The zero-order valence-corrected chi connectivity index (χ0v) is 41.3. The van der Waals surface area contributed by atoms with Crippen LogP contribution >= 0.6 is 0 Å². The molecule has 0 spiro atoms. The Kier molecular flexibility index (Phi) is 44.2. The molecule has 0 fully saturated rings. The average molecular weight is 849 g/mol. The minimum absolute atomic E-state index is 0.0646.